The number of fused-ring (bicyclic) bond motifs is 1. The van der Waals surface area contributed by atoms with Crippen molar-refractivity contribution in [2.24, 2.45) is 5.41 Å². The van der Waals surface area contributed by atoms with E-state index in [2.05, 4.69) is 16.0 Å². The predicted molar refractivity (Wildman–Crippen MR) is 68.9 cm³/mol. The third-order valence-electron chi connectivity index (χ3n) is 3.76. The first-order valence-electron chi connectivity index (χ1n) is 6.17. The second-order valence-corrected chi connectivity index (χ2v) is 4.93. The Bertz CT molecular complexity index is 608. The van der Waals surface area contributed by atoms with Gasteiger partial charge in [0.2, 0.25) is 0 Å². The van der Waals surface area contributed by atoms with E-state index >= 15 is 0 Å². The highest BCUT2D eigenvalue weighted by Gasteiger charge is 2.44. The van der Waals surface area contributed by atoms with Gasteiger partial charge in [-0.15, -0.1) is 0 Å². The average Bonchev–Trinajstić information content (AvgIpc) is 2.87. The van der Waals surface area contributed by atoms with Crippen LogP contribution < -0.4 is 0 Å². The van der Waals surface area contributed by atoms with Crippen LogP contribution in [0.15, 0.2) is 42.9 Å². The molecule has 4 heteroatoms. The third-order valence-corrected chi connectivity index (χ3v) is 3.76. The SMILES string of the molecule is N#CC1(C(O)c2ccncn2)Cc2ccccc2C1. The summed E-state index contributed by atoms with van der Waals surface area (Å²) in [7, 11) is 0. The molecule has 1 aliphatic carbocycles. The number of rotatable bonds is 2. The number of hydrogen-bond acceptors (Lipinski definition) is 4. The number of nitrogens with zero attached hydrogens (tertiary/aromatic N) is 3. The number of aromatic nitrogens is 2. The van der Waals surface area contributed by atoms with Gasteiger partial charge in [-0.2, -0.15) is 5.26 Å². The van der Waals surface area contributed by atoms with Crippen molar-refractivity contribution >= 4 is 0 Å². The fourth-order valence-corrected chi connectivity index (χ4v) is 2.72. The first-order chi connectivity index (χ1) is 9.25. The zero-order valence-electron chi connectivity index (χ0n) is 10.3. The van der Waals surface area contributed by atoms with Crippen molar-refractivity contribution in [2.45, 2.75) is 18.9 Å². The Balaban J connectivity index is 1.98. The number of aliphatic hydroxyl groups is 1. The summed E-state index contributed by atoms with van der Waals surface area (Å²) >= 11 is 0. The molecule has 1 N–H and O–H groups in total. The Labute approximate surface area is 111 Å². The number of aliphatic hydroxyl groups excluding tert-OH is 1. The van der Waals surface area contributed by atoms with Crippen LogP contribution in [-0.4, -0.2) is 15.1 Å². The Hall–Kier alpha value is -2.25. The van der Waals surface area contributed by atoms with Crippen molar-refractivity contribution in [3.05, 3.63) is 59.7 Å². The maximum Gasteiger partial charge on any atom is 0.115 e. The molecule has 1 heterocycles. The lowest BCUT2D eigenvalue weighted by atomic mass is 9.79. The molecule has 3 rings (SSSR count). The lowest BCUT2D eigenvalue weighted by Gasteiger charge is -2.26. The second kappa shape index (κ2) is 4.45. The van der Waals surface area contributed by atoms with Crippen molar-refractivity contribution in [1.82, 2.24) is 9.97 Å². The topological polar surface area (TPSA) is 69.8 Å². The van der Waals surface area contributed by atoms with E-state index in [-0.39, 0.29) is 0 Å². The molecule has 0 aliphatic heterocycles. The molecule has 0 amide bonds. The van der Waals surface area contributed by atoms with Gasteiger partial charge < -0.3 is 5.11 Å². The van der Waals surface area contributed by atoms with E-state index in [4.69, 9.17) is 0 Å². The van der Waals surface area contributed by atoms with Gasteiger partial charge in [0.05, 0.1) is 17.2 Å². The second-order valence-electron chi connectivity index (χ2n) is 4.93. The first kappa shape index (κ1) is 11.8. The van der Waals surface area contributed by atoms with Crippen LogP contribution in [0.3, 0.4) is 0 Å². The average molecular weight is 251 g/mol. The van der Waals surface area contributed by atoms with E-state index in [1.165, 1.54) is 6.33 Å². The smallest absolute Gasteiger partial charge is 0.115 e. The molecule has 0 fully saturated rings. The van der Waals surface area contributed by atoms with Crippen molar-refractivity contribution in [3.63, 3.8) is 0 Å². The molecule has 0 saturated heterocycles. The molecule has 94 valence electrons. The van der Waals surface area contributed by atoms with Crippen LogP contribution in [0, 0.1) is 16.7 Å². The van der Waals surface area contributed by atoms with E-state index in [9.17, 15) is 10.4 Å². The maximum atomic E-state index is 10.5. The lowest BCUT2D eigenvalue weighted by molar-refractivity contribution is 0.0654. The van der Waals surface area contributed by atoms with Crippen molar-refractivity contribution in [3.8, 4) is 6.07 Å². The van der Waals surface area contributed by atoms with Crippen molar-refractivity contribution in [1.29, 1.82) is 5.26 Å². The summed E-state index contributed by atoms with van der Waals surface area (Å²) in [4.78, 5) is 7.90. The van der Waals surface area contributed by atoms with Gasteiger partial charge >= 0.3 is 0 Å². The Morgan fingerprint density at radius 1 is 1.21 bits per heavy atom. The fraction of sp³-hybridized carbons (Fsp3) is 0.267. The largest absolute Gasteiger partial charge is 0.385 e. The fourth-order valence-electron chi connectivity index (χ4n) is 2.72. The Kier molecular flexibility index (Phi) is 2.77. The minimum absolute atomic E-state index is 0.504. The number of hydrogen-bond donors (Lipinski definition) is 1. The molecule has 0 saturated carbocycles. The van der Waals surface area contributed by atoms with Crippen LogP contribution in [0.1, 0.15) is 22.9 Å². The van der Waals surface area contributed by atoms with Gasteiger partial charge in [-0.3, -0.25) is 0 Å². The van der Waals surface area contributed by atoms with Crippen LogP contribution >= 0.6 is 0 Å². The molecular weight excluding hydrogens is 238 g/mol. The maximum absolute atomic E-state index is 10.5. The van der Waals surface area contributed by atoms with E-state index in [0.717, 1.165) is 11.1 Å². The Morgan fingerprint density at radius 2 is 1.89 bits per heavy atom. The van der Waals surface area contributed by atoms with E-state index in [0.29, 0.717) is 18.5 Å². The monoisotopic (exact) mass is 251 g/mol. The quantitative estimate of drug-likeness (QED) is 0.883. The molecule has 1 unspecified atom stereocenters. The molecule has 1 aromatic heterocycles. The summed E-state index contributed by atoms with van der Waals surface area (Å²) in [5.41, 5.74) is 1.96. The summed E-state index contributed by atoms with van der Waals surface area (Å²) in [5.74, 6) is 0. The first-order valence-corrected chi connectivity index (χ1v) is 6.17. The van der Waals surface area contributed by atoms with Crippen LogP contribution in [0.2, 0.25) is 0 Å². The van der Waals surface area contributed by atoms with Crippen LogP contribution in [-0.2, 0) is 12.8 Å². The lowest BCUT2D eigenvalue weighted by Crippen LogP contribution is -2.28. The zero-order chi connectivity index (χ0) is 13.3. The van der Waals surface area contributed by atoms with Gasteiger partial charge in [0.15, 0.2) is 0 Å². The van der Waals surface area contributed by atoms with Gasteiger partial charge in [0.25, 0.3) is 0 Å². The van der Waals surface area contributed by atoms with Gasteiger partial charge in [-0.05, 0) is 30.0 Å². The summed E-state index contributed by atoms with van der Waals surface area (Å²) in [6.07, 6.45) is 3.20. The van der Waals surface area contributed by atoms with Gasteiger partial charge in [0.1, 0.15) is 12.4 Å². The summed E-state index contributed by atoms with van der Waals surface area (Å²) in [5, 5.41) is 20.1. The van der Waals surface area contributed by atoms with Crippen LogP contribution in [0.5, 0.6) is 0 Å². The van der Waals surface area contributed by atoms with E-state index in [1.807, 2.05) is 24.3 Å². The number of nitriles is 1. The molecule has 0 bridgehead atoms. The molecule has 4 nitrogen and oxygen atoms in total. The minimum Gasteiger partial charge on any atom is -0.385 e. The van der Waals surface area contributed by atoms with Crippen molar-refractivity contribution < 1.29 is 5.11 Å². The molecule has 1 aliphatic rings. The normalized spacial score (nSPS) is 17.5. The zero-order valence-corrected chi connectivity index (χ0v) is 10.3. The van der Waals surface area contributed by atoms with E-state index < -0.39 is 11.5 Å². The van der Waals surface area contributed by atoms with Crippen LogP contribution in [0.4, 0.5) is 0 Å². The standard InChI is InChI=1S/C15H13N3O/c16-9-15(14(19)13-5-6-17-10-18-13)7-11-3-1-2-4-12(11)8-15/h1-6,10,14,19H,7-8H2. The predicted octanol–water partition coefficient (Wildman–Crippen LogP) is 1.82. The van der Waals surface area contributed by atoms with E-state index in [1.54, 1.807) is 12.3 Å². The number of benzene rings is 1. The molecule has 0 radical (unpaired) electrons. The molecule has 0 spiro atoms. The third kappa shape index (κ3) is 1.88. The molecule has 1 aromatic carbocycles. The van der Waals surface area contributed by atoms with Gasteiger partial charge in [-0.1, -0.05) is 24.3 Å². The Morgan fingerprint density at radius 3 is 2.42 bits per heavy atom. The highest BCUT2D eigenvalue weighted by atomic mass is 16.3. The van der Waals surface area contributed by atoms with Crippen LogP contribution in [0.25, 0.3) is 0 Å². The van der Waals surface area contributed by atoms with Gasteiger partial charge in [0, 0.05) is 6.20 Å². The highest BCUT2D eigenvalue weighted by molar-refractivity contribution is 5.38. The molecule has 1 atom stereocenters. The summed E-state index contributed by atoms with van der Waals surface area (Å²) < 4.78 is 0. The molecule has 19 heavy (non-hydrogen) atoms. The van der Waals surface area contributed by atoms with Gasteiger partial charge in [-0.25, -0.2) is 9.97 Å². The highest BCUT2D eigenvalue weighted by Crippen LogP contribution is 2.44. The summed E-state index contributed by atoms with van der Waals surface area (Å²) in [6.45, 7) is 0. The molecular formula is C15H13N3O. The minimum atomic E-state index is -0.895. The molecule has 2 aromatic rings. The van der Waals surface area contributed by atoms with Crippen molar-refractivity contribution in [2.75, 3.05) is 0 Å². The summed E-state index contributed by atoms with van der Waals surface area (Å²) in [6, 6.07) is 11.9.